The van der Waals surface area contributed by atoms with Gasteiger partial charge in [-0.2, -0.15) is 0 Å². The number of nitrogens with zero attached hydrogens (tertiary/aromatic N) is 1. The summed E-state index contributed by atoms with van der Waals surface area (Å²) in [6.07, 6.45) is 1.27. The molecule has 0 aliphatic carbocycles. The van der Waals surface area contributed by atoms with Crippen molar-refractivity contribution in [1.82, 2.24) is 5.32 Å². The van der Waals surface area contributed by atoms with Crippen molar-refractivity contribution < 1.29 is 21.7 Å². The molecule has 0 heterocycles. The minimum atomic E-state index is -0.141. The normalized spacial score (nSPS) is 10.1. The molecule has 0 bridgehead atoms. The minimum absolute atomic E-state index is 0. The van der Waals surface area contributed by atoms with Gasteiger partial charge in [0.25, 0.3) is 0 Å². The molecule has 0 aromatic heterocycles. The average molecular weight is 208 g/mol. The number of hydrogen-bond donors (Lipinski definition) is 2. The van der Waals surface area contributed by atoms with Gasteiger partial charge in [0.05, 0.1) is 20.6 Å². The van der Waals surface area contributed by atoms with Crippen molar-refractivity contribution in [2.75, 3.05) is 33.9 Å². The number of hydrogen-bond acceptors (Lipinski definition) is 2. The van der Waals surface area contributed by atoms with Gasteiger partial charge in [0.15, 0.2) is 6.67 Å². The summed E-state index contributed by atoms with van der Waals surface area (Å²) in [6, 6.07) is 0. The molecule has 78 valence electrons. The van der Waals surface area contributed by atoms with E-state index in [1.807, 2.05) is 14.1 Å². The molecule has 0 aromatic carbocycles. The first-order valence-electron chi connectivity index (χ1n) is 3.94. The fourth-order valence-corrected chi connectivity index (χ4v) is 0.793. The van der Waals surface area contributed by atoms with Crippen molar-refractivity contribution in [3.63, 3.8) is 0 Å². The fraction of sp³-hybridized carbons (Fsp3) is 0.625. The Morgan fingerprint density at radius 2 is 2.15 bits per heavy atom. The summed E-state index contributed by atoms with van der Waals surface area (Å²) >= 11 is 0. The van der Waals surface area contributed by atoms with E-state index in [0.717, 1.165) is 6.54 Å². The van der Waals surface area contributed by atoms with Crippen molar-refractivity contribution in [3.8, 4) is 0 Å². The van der Waals surface area contributed by atoms with Gasteiger partial charge in [0, 0.05) is 6.54 Å². The smallest absolute Gasteiger partial charge is 0.247 e. The van der Waals surface area contributed by atoms with Crippen LogP contribution in [-0.4, -0.2) is 44.2 Å². The van der Waals surface area contributed by atoms with E-state index in [1.165, 1.54) is 6.08 Å². The van der Waals surface area contributed by atoms with Crippen molar-refractivity contribution in [1.29, 1.82) is 0 Å². The van der Waals surface area contributed by atoms with Gasteiger partial charge in [0.1, 0.15) is 0 Å². The van der Waals surface area contributed by atoms with Crippen molar-refractivity contribution >= 4 is 5.91 Å². The number of halogens is 1. The maximum Gasteiger partial charge on any atom is 0.247 e. The molecule has 1 amide bonds. The zero-order valence-electron chi connectivity index (χ0n) is 8.22. The van der Waals surface area contributed by atoms with E-state index in [0.29, 0.717) is 17.7 Å². The summed E-state index contributed by atoms with van der Waals surface area (Å²) in [5, 5.41) is 2.72. The molecule has 0 radical (unpaired) electrons. The van der Waals surface area contributed by atoms with E-state index >= 15 is 0 Å². The van der Waals surface area contributed by atoms with E-state index < -0.39 is 0 Å². The molecular weight excluding hydrogens is 190 g/mol. The second-order valence-corrected chi connectivity index (χ2v) is 3.35. The third kappa shape index (κ3) is 7.77. The lowest BCUT2D eigenvalue weighted by atomic mass is 10.5. The Hall–Kier alpha value is -0.580. The molecule has 0 aliphatic rings. The topological polar surface area (TPSA) is 55.1 Å². The standard InChI is InChI=1S/C8H17N3O.ClH/c1-4-8(12)10-7-11(2,3)6-5-9;/h4H,1,5-7,9H2,2-3H3;1H. The van der Waals surface area contributed by atoms with Gasteiger partial charge < -0.3 is 27.9 Å². The molecule has 0 rings (SSSR count). The van der Waals surface area contributed by atoms with Crippen LogP contribution in [0.25, 0.3) is 0 Å². The molecule has 0 atom stereocenters. The molecule has 0 saturated carbocycles. The van der Waals surface area contributed by atoms with Crippen LogP contribution in [0.5, 0.6) is 0 Å². The van der Waals surface area contributed by atoms with Gasteiger partial charge in [-0.1, -0.05) is 6.58 Å². The average Bonchev–Trinajstić information content (AvgIpc) is 2.00. The number of carbonyl (C=O) groups excluding carboxylic acids is 1. The summed E-state index contributed by atoms with van der Waals surface area (Å²) in [5.74, 6) is -0.141. The van der Waals surface area contributed by atoms with E-state index in [9.17, 15) is 4.79 Å². The van der Waals surface area contributed by atoms with E-state index in [-0.39, 0.29) is 18.3 Å². The molecular formula is C8H18ClN3O. The van der Waals surface area contributed by atoms with Gasteiger partial charge in [-0.05, 0) is 6.08 Å². The Morgan fingerprint density at radius 3 is 2.54 bits per heavy atom. The molecule has 0 fully saturated rings. The van der Waals surface area contributed by atoms with Crippen LogP contribution in [0, 0.1) is 0 Å². The summed E-state index contributed by atoms with van der Waals surface area (Å²) < 4.78 is 0.691. The lowest BCUT2D eigenvalue weighted by Gasteiger charge is -2.28. The second kappa shape index (κ2) is 6.88. The number of rotatable bonds is 5. The molecule has 0 unspecified atom stereocenters. The highest BCUT2D eigenvalue weighted by Crippen LogP contribution is 1.91. The highest BCUT2D eigenvalue weighted by atomic mass is 35.5. The fourth-order valence-electron chi connectivity index (χ4n) is 0.793. The van der Waals surface area contributed by atoms with E-state index in [2.05, 4.69) is 11.9 Å². The molecule has 0 spiro atoms. The molecule has 0 aromatic rings. The van der Waals surface area contributed by atoms with Crippen LogP contribution in [0.4, 0.5) is 0 Å². The zero-order chi connectivity index (χ0) is 9.61. The van der Waals surface area contributed by atoms with Crippen LogP contribution >= 0.6 is 0 Å². The van der Waals surface area contributed by atoms with Gasteiger partial charge in [-0.3, -0.25) is 4.79 Å². The third-order valence-corrected chi connectivity index (χ3v) is 1.60. The molecule has 0 aliphatic heterocycles. The number of nitrogens with one attached hydrogen (secondary N) is 1. The summed E-state index contributed by atoms with van der Waals surface area (Å²) in [5.41, 5.74) is 5.41. The van der Waals surface area contributed by atoms with Crippen molar-refractivity contribution in [2.24, 2.45) is 5.73 Å². The van der Waals surface area contributed by atoms with Gasteiger partial charge >= 0.3 is 0 Å². The molecule has 3 N–H and O–H groups in total. The Morgan fingerprint density at radius 1 is 1.62 bits per heavy atom. The highest BCUT2D eigenvalue weighted by molar-refractivity contribution is 5.86. The molecule has 5 heteroatoms. The van der Waals surface area contributed by atoms with E-state index in [4.69, 9.17) is 5.73 Å². The first-order chi connectivity index (χ1) is 5.52. The Labute approximate surface area is 85.8 Å². The molecule has 0 saturated heterocycles. The summed E-state index contributed by atoms with van der Waals surface area (Å²) in [4.78, 5) is 10.8. The summed E-state index contributed by atoms with van der Waals surface area (Å²) in [6.45, 7) is 5.42. The number of amides is 1. The van der Waals surface area contributed by atoms with Crippen LogP contribution in [-0.2, 0) is 4.79 Å². The van der Waals surface area contributed by atoms with Crippen LogP contribution in [0.2, 0.25) is 0 Å². The third-order valence-electron chi connectivity index (χ3n) is 1.60. The van der Waals surface area contributed by atoms with Crippen molar-refractivity contribution in [3.05, 3.63) is 12.7 Å². The van der Waals surface area contributed by atoms with Crippen molar-refractivity contribution in [2.45, 2.75) is 0 Å². The quantitative estimate of drug-likeness (QED) is 0.277. The number of nitrogens with two attached hydrogens (primary N) is 1. The summed E-state index contributed by atoms with van der Waals surface area (Å²) in [7, 11) is 4.02. The maximum atomic E-state index is 10.8. The Bertz CT molecular complexity index is 171. The molecule has 13 heavy (non-hydrogen) atoms. The van der Waals surface area contributed by atoms with Crippen LogP contribution in [0.15, 0.2) is 12.7 Å². The van der Waals surface area contributed by atoms with Crippen LogP contribution < -0.4 is 23.5 Å². The number of likely N-dealkylation sites (N-methyl/N-ethyl adjacent to an activating group) is 1. The Kier molecular flexibility index (Phi) is 7.90. The molecule has 4 nitrogen and oxygen atoms in total. The first kappa shape index (κ1) is 14.9. The minimum Gasteiger partial charge on any atom is -1.00 e. The lowest BCUT2D eigenvalue weighted by Crippen LogP contribution is -3.00. The Balaban J connectivity index is 0. The van der Waals surface area contributed by atoms with Gasteiger partial charge in [-0.25, -0.2) is 0 Å². The lowest BCUT2D eigenvalue weighted by molar-refractivity contribution is -0.890. The first-order valence-corrected chi connectivity index (χ1v) is 3.94. The van der Waals surface area contributed by atoms with Crippen LogP contribution in [0.1, 0.15) is 0 Å². The van der Waals surface area contributed by atoms with Crippen LogP contribution in [0.3, 0.4) is 0 Å². The SMILES string of the molecule is C=CC(=O)NC[N+](C)(C)CCN.[Cl-]. The van der Waals surface area contributed by atoms with Gasteiger partial charge in [0.2, 0.25) is 5.91 Å². The van der Waals surface area contributed by atoms with E-state index in [1.54, 1.807) is 0 Å². The maximum absolute atomic E-state index is 10.8. The monoisotopic (exact) mass is 207 g/mol. The predicted octanol–water partition coefficient (Wildman–Crippen LogP) is -3.71. The van der Waals surface area contributed by atoms with Gasteiger partial charge in [-0.15, -0.1) is 0 Å². The largest absolute Gasteiger partial charge is 1.00 e. The predicted molar refractivity (Wildman–Crippen MR) is 49.2 cm³/mol. The number of carbonyl (C=O) groups is 1. The number of quaternary nitrogens is 1. The second-order valence-electron chi connectivity index (χ2n) is 3.35. The zero-order valence-corrected chi connectivity index (χ0v) is 8.97. The highest BCUT2D eigenvalue weighted by Gasteiger charge is 2.13.